The topological polar surface area (TPSA) is 65.9 Å². The minimum Gasteiger partial charge on any atom is -0.342 e. The van der Waals surface area contributed by atoms with Crippen LogP contribution in [0, 0.1) is 5.92 Å². The van der Waals surface area contributed by atoms with Gasteiger partial charge in [-0.25, -0.2) is 4.79 Å². The summed E-state index contributed by atoms with van der Waals surface area (Å²) in [6.45, 7) is 2.61. The second-order valence-corrected chi connectivity index (χ2v) is 9.48. The summed E-state index contributed by atoms with van der Waals surface area (Å²) in [7, 11) is 0. The average Bonchev–Trinajstić information content (AvgIpc) is 3.46. The number of piperidine rings is 2. The van der Waals surface area contributed by atoms with Crippen molar-refractivity contribution >= 4 is 17.8 Å². The van der Waals surface area contributed by atoms with Crippen molar-refractivity contribution in [2.75, 3.05) is 26.2 Å². The van der Waals surface area contributed by atoms with Gasteiger partial charge in [0.2, 0.25) is 5.91 Å². The number of carbonyl (C=O) groups excluding carboxylic acids is 3. The summed E-state index contributed by atoms with van der Waals surface area (Å²) in [6.07, 6.45) is -0.104. The quantitative estimate of drug-likeness (QED) is 0.660. The van der Waals surface area contributed by atoms with E-state index in [2.05, 4.69) is 0 Å². The fourth-order valence-corrected chi connectivity index (χ4v) is 5.37. The zero-order valence-electron chi connectivity index (χ0n) is 19.2. The molecule has 2 aromatic rings. The Kier molecular flexibility index (Phi) is 6.06. The Morgan fingerprint density at radius 1 is 0.857 bits per heavy atom. The Morgan fingerprint density at radius 3 is 2.09 bits per heavy atom. The van der Waals surface area contributed by atoms with E-state index >= 15 is 0 Å². The Hall–Kier alpha value is -3.30. The molecule has 2 saturated heterocycles. The maximum absolute atomic E-state index is 13.1. The third-order valence-corrected chi connectivity index (χ3v) is 7.42. The second kappa shape index (κ2) is 9.05. The number of hydrogen-bond acceptors (Lipinski definition) is 3. The van der Waals surface area contributed by atoms with Crippen LogP contribution in [0.1, 0.15) is 47.3 Å². The lowest BCUT2D eigenvalue weighted by Gasteiger charge is -2.39. The van der Waals surface area contributed by atoms with Crippen LogP contribution in [0.15, 0.2) is 42.6 Å². The van der Waals surface area contributed by atoms with Crippen LogP contribution in [0.2, 0.25) is 0 Å². The molecular formula is C25H27F3N4O3. The van der Waals surface area contributed by atoms with Crippen LogP contribution in [-0.4, -0.2) is 69.3 Å². The van der Waals surface area contributed by atoms with Crippen LogP contribution in [0.4, 0.5) is 18.0 Å². The first-order valence-corrected chi connectivity index (χ1v) is 11.9. The van der Waals surface area contributed by atoms with Crippen molar-refractivity contribution in [1.82, 2.24) is 19.3 Å². The minimum absolute atomic E-state index is 0.000128. The van der Waals surface area contributed by atoms with Gasteiger partial charge in [-0.05, 0) is 62.1 Å². The zero-order chi connectivity index (χ0) is 24.7. The highest BCUT2D eigenvalue weighted by Gasteiger charge is 2.37. The molecule has 0 N–H and O–H groups in total. The molecule has 0 aliphatic carbocycles. The maximum atomic E-state index is 13.1. The Balaban J connectivity index is 1.10. The molecule has 1 aromatic carbocycles. The lowest BCUT2D eigenvalue weighted by atomic mass is 9.93. The molecule has 0 atom stereocenters. The molecular weight excluding hydrogens is 461 g/mol. The van der Waals surface area contributed by atoms with E-state index in [0.717, 1.165) is 30.7 Å². The van der Waals surface area contributed by atoms with Gasteiger partial charge in [-0.1, -0.05) is 0 Å². The van der Waals surface area contributed by atoms with Crippen molar-refractivity contribution in [2.45, 2.75) is 44.4 Å². The molecule has 5 rings (SSSR count). The monoisotopic (exact) mass is 488 g/mol. The summed E-state index contributed by atoms with van der Waals surface area (Å²) in [5.41, 5.74) is 0.421. The number of rotatable bonds is 3. The summed E-state index contributed by atoms with van der Waals surface area (Å²) < 4.78 is 40.0. The van der Waals surface area contributed by atoms with Crippen LogP contribution in [0.25, 0.3) is 0 Å². The van der Waals surface area contributed by atoms with E-state index < -0.39 is 11.7 Å². The number of aromatic nitrogens is 1. The summed E-state index contributed by atoms with van der Waals surface area (Å²) in [6, 6.07) is 8.18. The molecule has 3 aliphatic heterocycles. The van der Waals surface area contributed by atoms with Gasteiger partial charge in [-0.2, -0.15) is 13.2 Å². The van der Waals surface area contributed by atoms with E-state index in [9.17, 15) is 27.6 Å². The first-order chi connectivity index (χ1) is 16.7. The van der Waals surface area contributed by atoms with Crippen molar-refractivity contribution in [3.63, 3.8) is 0 Å². The smallest absolute Gasteiger partial charge is 0.342 e. The molecule has 3 amide bonds. The number of benzene rings is 1. The molecule has 10 heteroatoms. The molecule has 0 saturated carbocycles. The SMILES string of the molecule is O=C(c1ccc(C(F)(F)F)cc1)N1CCC(C(=O)N2CCC(N3Cc4cccn4C3=O)CC2)CC1. The van der Waals surface area contributed by atoms with Gasteiger partial charge in [0, 0.05) is 55.6 Å². The molecule has 4 heterocycles. The van der Waals surface area contributed by atoms with Gasteiger partial charge in [-0.15, -0.1) is 0 Å². The summed E-state index contributed by atoms with van der Waals surface area (Å²) >= 11 is 0. The van der Waals surface area contributed by atoms with Crippen LogP contribution in [-0.2, 0) is 17.5 Å². The van der Waals surface area contributed by atoms with Crippen molar-refractivity contribution in [1.29, 1.82) is 0 Å². The van der Waals surface area contributed by atoms with E-state index in [0.29, 0.717) is 45.6 Å². The molecule has 0 spiro atoms. The minimum atomic E-state index is -4.44. The van der Waals surface area contributed by atoms with E-state index in [1.807, 2.05) is 21.9 Å². The number of hydrogen-bond donors (Lipinski definition) is 0. The van der Waals surface area contributed by atoms with Gasteiger partial charge in [-0.3, -0.25) is 14.2 Å². The van der Waals surface area contributed by atoms with Gasteiger partial charge >= 0.3 is 12.2 Å². The van der Waals surface area contributed by atoms with Crippen molar-refractivity contribution in [3.8, 4) is 0 Å². The van der Waals surface area contributed by atoms with Crippen molar-refractivity contribution in [3.05, 3.63) is 59.4 Å². The molecule has 0 bridgehead atoms. The van der Waals surface area contributed by atoms with Gasteiger partial charge in [0.05, 0.1) is 12.1 Å². The highest BCUT2D eigenvalue weighted by atomic mass is 19.4. The second-order valence-electron chi connectivity index (χ2n) is 9.48. The van der Waals surface area contributed by atoms with Gasteiger partial charge in [0.15, 0.2) is 0 Å². The number of halogens is 3. The highest BCUT2D eigenvalue weighted by molar-refractivity contribution is 5.94. The summed E-state index contributed by atoms with van der Waals surface area (Å²) in [4.78, 5) is 43.8. The molecule has 3 aliphatic rings. The Labute approximate surface area is 201 Å². The van der Waals surface area contributed by atoms with Crippen LogP contribution < -0.4 is 0 Å². The predicted octanol–water partition coefficient (Wildman–Crippen LogP) is 3.83. The molecule has 1 aromatic heterocycles. The number of carbonyl (C=O) groups is 3. The van der Waals surface area contributed by atoms with Gasteiger partial charge in [0.25, 0.3) is 5.91 Å². The van der Waals surface area contributed by atoms with E-state index in [1.165, 1.54) is 12.1 Å². The molecule has 35 heavy (non-hydrogen) atoms. The largest absolute Gasteiger partial charge is 0.416 e. The summed E-state index contributed by atoms with van der Waals surface area (Å²) in [5, 5.41) is 0. The predicted molar refractivity (Wildman–Crippen MR) is 120 cm³/mol. The van der Waals surface area contributed by atoms with Crippen LogP contribution >= 0.6 is 0 Å². The molecule has 0 unspecified atom stereocenters. The van der Waals surface area contributed by atoms with Gasteiger partial charge in [0.1, 0.15) is 0 Å². The number of alkyl halides is 3. The van der Waals surface area contributed by atoms with E-state index in [1.54, 1.807) is 15.7 Å². The first-order valence-electron chi connectivity index (χ1n) is 11.9. The van der Waals surface area contributed by atoms with E-state index in [4.69, 9.17) is 0 Å². The number of amides is 3. The molecule has 7 nitrogen and oxygen atoms in total. The third kappa shape index (κ3) is 4.53. The fraction of sp³-hybridized carbons (Fsp3) is 0.480. The Morgan fingerprint density at radius 2 is 1.49 bits per heavy atom. The zero-order valence-corrected chi connectivity index (χ0v) is 19.2. The lowest BCUT2D eigenvalue weighted by Crippen LogP contribution is -2.50. The average molecular weight is 489 g/mol. The third-order valence-electron chi connectivity index (χ3n) is 7.42. The standard InChI is InChI=1S/C25H27F3N4O3/c26-25(27,28)19-5-3-17(4-6-19)22(33)29-12-7-18(8-13-29)23(34)30-14-9-20(10-15-30)32-16-21-2-1-11-31(21)24(32)35/h1-6,11,18,20H,7-10,12-16H2. The van der Waals surface area contributed by atoms with Crippen molar-refractivity contribution in [2.24, 2.45) is 5.92 Å². The fourth-order valence-electron chi connectivity index (χ4n) is 5.37. The van der Waals surface area contributed by atoms with Gasteiger partial charge < -0.3 is 14.7 Å². The normalized spacial score (nSPS) is 19.9. The molecule has 2 fully saturated rings. The molecule has 186 valence electrons. The number of likely N-dealkylation sites (tertiary alicyclic amines) is 2. The number of fused-ring (bicyclic) bond motifs is 1. The number of nitrogens with zero attached hydrogens (tertiary/aromatic N) is 4. The van der Waals surface area contributed by atoms with Crippen molar-refractivity contribution < 1.29 is 27.6 Å². The maximum Gasteiger partial charge on any atom is 0.416 e. The van der Waals surface area contributed by atoms with E-state index in [-0.39, 0.29) is 35.4 Å². The summed E-state index contributed by atoms with van der Waals surface area (Å²) in [5.74, 6) is -0.396. The van der Waals surface area contributed by atoms with Crippen LogP contribution in [0.3, 0.4) is 0 Å². The Bertz CT molecular complexity index is 1110. The highest BCUT2D eigenvalue weighted by Crippen LogP contribution is 2.30. The lowest BCUT2D eigenvalue weighted by molar-refractivity contribution is -0.138. The molecule has 0 radical (unpaired) electrons. The first kappa shape index (κ1) is 23.4. The van der Waals surface area contributed by atoms with Crippen LogP contribution in [0.5, 0.6) is 0 Å².